The normalized spacial score (nSPS) is 11.0. The zero-order valence-electron chi connectivity index (χ0n) is 12.9. The summed E-state index contributed by atoms with van der Waals surface area (Å²) < 4.78 is 3.82. The highest BCUT2D eigenvalue weighted by Gasteiger charge is 1.97. The number of aliphatic imine (C=N–C) groups is 1. The van der Waals surface area contributed by atoms with Crippen LogP contribution in [0.25, 0.3) is 0 Å². The summed E-state index contributed by atoms with van der Waals surface area (Å²) in [6.45, 7) is 6.21. The van der Waals surface area contributed by atoms with Crippen molar-refractivity contribution in [2.45, 2.75) is 26.4 Å². The van der Waals surface area contributed by atoms with Gasteiger partial charge in [-0.15, -0.1) is 24.0 Å². The van der Waals surface area contributed by atoms with Crippen molar-refractivity contribution in [3.05, 3.63) is 36.9 Å². The highest BCUT2D eigenvalue weighted by Crippen LogP contribution is 1.90. The number of nitrogens with one attached hydrogen (secondary N) is 2. The second-order valence-electron chi connectivity index (χ2n) is 4.58. The van der Waals surface area contributed by atoms with E-state index in [1.807, 2.05) is 33.9 Å². The number of halogens is 1. The molecule has 0 unspecified atom stereocenters. The van der Waals surface area contributed by atoms with Gasteiger partial charge in [-0.1, -0.05) is 0 Å². The van der Waals surface area contributed by atoms with Crippen LogP contribution in [-0.2, 0) is 13.1 Å². The highest BCUT2D eigenvalue weighted by atomic mass is 127. The van der Waals surface area contributed by atoms with E-state index in [0.717, 1.165) is 45.1 Å². The van der Waals surface area contributed by atoms with Crippen molar-refractivity contribution in [3.63, 3.8) is 0 Å². The number of aryl methyl sites for hydroxylation is 1. The lowest BCUT2D eigenvalue weighted by atomic mass is 10.4. The lowest BCUT2D eigenvalue weighted by Crippen LogP contribution is -2.39. The smallest absolute Gasteiger partial charge is 0.191 e. The van der Waals surface area contributed by atoms with Crippen molar-refractivity contribution in [3.8, 4) is 0 Å². The molecule has 0 atom stereocenters. The van der Waals surface area contributed by atoms with Gasteiger partial charge in [-0.25, -0.2) is 0 Å². The van der Waals surface area contributed by atoms with E-state index in [9.17, 15) is 0 Å². The number of guanidine groups is 1. The maximum absolute atomic E-state index is 4.56. The van der Waals surface area contributed by atoms with Crippen molar-refractivity contribution in [2.75, 3.05) is 19.6 Å². The van der Waals surface area contributed by atoms with Crippen molar-refractivity contribution in [2.24, 2.45) is 4.99 Å². The van der Waals surface area contributed by atoms with E-state index in [1.165, 1.54) is 0 Å². The van der Waals surface area contributed by atoms with Gasteiger partial charge in [-0.3, -0.25) is 14.4 Å². The Morgan fingerprint density at radius 3 is 2.32 bits per heavy atom. The predicted molar refractivity (Wildman–Crippen MR) is 98.5 cm³/mol. The van der Waals surface area contributed by atoms with Crippen molar-refractivity contribution in [1.29, 1.82) is 0 Å². The first kappa shape index (κ1) is 18.5. The predicted octanol–water partition coefficient (Wildman–Crippen LogP) is 1.34. The number of aromatic nitrogens is 4. The molecule has 0 bridgehead atoms. The molecule has 0 saturated heterocycles. The van der Waals surface area contributed by atoms with Crippen LogP contribution in [0, 0.1) is 0 Å². The zero-order valence-corrected chi connectivity index (χ0v) is 15.2. The van der Waals surface area contributed by atoms with Crippen LogP contribution in [0.2, 0.25) is 0 Å². The van der Waals surface area contributed by atoms with Gasteiger partial charge >= 0.3 is 0 Å². The molecule has 122 valence electrons. The van der Waals surface area contributed by atoms with Crippen LogP contribution >= 0.6 is 24.0 Å². The summed E-state index contributed by atoms with van der Waals surface area (Å²) in [4.78, 5) is 4.56. The molecule has 0 fully saturated rings. The van der Waals surface area contributed by atoms with Gasteiger partial charge in [0.1, 0.15) is 0 Å². The Hall–Kier alpha value is -1.58. The molecular weight excluding hydrogens is 393 g/mol. The van der Waals surface area contributed by atoms with Gasteiger partial charge < -0.3 is 10.6 Å². The van der Waals surface area contributed by atoms with Gasteiger partial charge in [0.2, 0.25) is 0 Å². The lowest BCUT2D eigenvalue weighted by Gasteiger charge is -2.11. The molecule has 0 aliphatic carbocycles. The topological polar surface area (TPSA) is 72.1 Å². The fraction of sp³-hybridized carbons (Fsp3) is 0.500. The molecule has 2 heterocycles. The molecular formula is C14H24IN7. The van der Waals surface area contributed by atoms with Gasteiger partial charge in [0.05, 0.1) is 6.54 Å². The van der Waals surface area contributed by atoms with E-state index in [2.05, 4.69) is 32.7 Å². The summed E-state index contributed by atoms with van der Waals surface area (Å²) in [5.41, 5.74) is 0. The second-order valence-corrected chi connectivity index (χ2v) is 4.58. The van der Waals surface area contributed by atoms with E-state index in [1.54, 1.807) is 12.4 Å². The Morgan fingerprint density at radius 1 is 1.05 bits per heavy atom. The molecule has 0 aliphatic heterocycles. The minimum absolute atomic E-state index is 0. The Kier molecular flexibility index (Phi) is 9.28. The van der Waals surface area contributed by atoms with Crippen molar-refractivity contribution >= 4 is 29.9 Å². The molecule has 2 aromatic rings. The second kappa shape index (κ2) is 11.0. The van der Waals surface area contributed by atoms with Crippen molar-refractivity contribution in [1.82, 2.24) is 30.2 Å². The Balaban J connectivity index is 0.00000242. The molecule has 2 aromatic heterocycles. The van der Waals surface area contributed by atoms with Crippen LogP contribution in [0.15, 0.2) is 41.9 Å². The average molecular weight is 417 g/mol. The lowest BCUT2D eigenvalue weighted by molar-refractivity contribution is 0.580. The maximum Gasteiger partial charge on any atom is 0.191 e. The van der Waals surface area contributed by atoms with Crippen LogP contribution in [0.5, 0.6) is 0 Å². The summed E-state index contributed by atoms with van der Waals surface area (Å²) in [6, 6.07) is 3.86. The van der Waals surface area contributed by atoms with Crippen LogP contribution in [0.3, 0.4) is 0 Å². The Morgan fingerprint density at radius 2 is 1.73 bits per heavy atom. The molecule has 22 heavy (non-hydrogen) atoms. The summed E-state index contributed by atoms with van der Waals surface area (Å²) in [6.07, 6.45) is 8.48. The molecule has 8 heteroatoms. The number of hydrogen-bond donors (Lipinski definition) is 2. The minimum Gasteiger partial charge on any atom is -0.357 e. The fourth-order valence-corrected chi connectivity index (χ4v) is 1.92. The number of hydrogen-bond acceptors (Lipinski definition) is 3. The highest BCUT2D eigenvalue weighted by molar-refractivity contribution is 14.0. The van der Waals surface area contributed by atoms with E-state index in [0.29, 0.717) is 0 Å². The van der Waals surface area contributed by atoms with Crippen LogP contribution in [-0.4, -0.2) is 45.2 Å². The Bertz CT molecular complexity index is 507. The summed E-state index contributed by atoms with van der Waals surface area (Å²) in [5, 5.41) is 14.9. The monoisotopic (exact) mass is 417 g/mol. The standard InChI is InChI=1S/C14H23N7.HI/c1-2-15-14(17-9-13-21-12-5-8-19-21)16-6-3-10-20-11-4-7-18-20;/h4-5,7-8,11-12H,2-3,6,9-10,13H2,1H3,(H2,15,16,17);1H. The third-order valence-electron chi connectivity index (χ3n) is 2.91. The molecule has 0 radical (unpaired) electrons. The first-order chi connectivity index (χ1) is 10.4. The van der Waals surface area contributed by atoms with E-state index in [-0.39, 0.29) is 24.0 Å². The zero-order chi connectivity index (χ0) is 14.8. The minimum atomic E-state index is 0. The SMILES string of the molecule is CCNC(=NCCCn1cccn1)NCCn1cccn1.I. The van der Waals surface area contributed by atoms with Gasteiger partial charge in [-0.05, 0) is 25.5 Å². The molecule has 0 aliphatic rings. The average Bonchev–Trinajstić information content (AvgIpc) is 3.17. The number of nitrogens with zero attached hydrogens (tertiary/aromatic N) is 5. The molecule has 0 spiro atoms. The first-order valence-corrected chi connectivity index (χ1v) is 7.35. The molecule has 2 N–H and O–H groups in total. The Labute approximate surface area is 148 Å². The van der Waals surface area contributed by atoms with Crippen LogP contribution < -0.4 is 10.6 Å². The van der Waals surface area contributed by atoms with Gasteiger partial charge in [-0.2, -0.15) is 10.2 Å². The maximum atomic E-state index is 4.56. The number of rotatable bonds is 8. The van der Waals surface area contributed by atoms with Gasteiger partial charge in [0.15, 0.2) is 5.96 Å². The van der Waals surface area contributed by atoms with E-state index < -0.39 is 0 Å². The van der Waals surface area contributed by atoms with Crippen LogP contribution in [0.4, 0.5) is 0 Å². The van der Waals surface area contributed by atoms with Gasteiger partial charge in [0.25, 0.3) is 0 Å². The summed E-state index contributed by atoms with van der Waals surface area (Å²) >= 11 is 0. The molecule has 0 saturated carbocycles. The largest absolute Gasteiger partial charge is 0.357 e. The quantitative estimate of drug-likeness (QED) is 0.294. The molecule has 7 nitrogen and oxygen atoms in total. The third-order valence-corrected chi connectivity index (χ3v) is 2.91. The van der Waals surface area contributed by atoms with Gasteiger partial charge in [0, 0.05) is 51.0 Å². The van der Waals surface area contributed by atoms with E-state index >= 15 is 0 Å². The summed E-state index contributed by atoms with van der Waals surface area (Å²) in [7, 11) is 0. The fourth-order valence-electron chi connectivity index (χ4n) is 1.92. The molecule has 0 amide bonds. The first-order valence-electron chi connectivity index (χ1n) is 7.35. The summed E-state index contributed by atoms with van der Waals surface area (Å²) in [5.74, 6) is 0.852. The molecule has 2 rings (SSSR count). The van der Waals surface area contributed by atoms with Crippen LogP contribution in [0.1, 0.15) is 13.3 Å². The van der Waals surface area contributed by atoms with E-state index in [4.69, 9.17) is 0 Å². The van der Waals surface area contributed by atoms with Crippen molar-refractivity contribution < 1.29 is 0 Å². The third kappa shape index (κ3) is 6.92. The molecule has 0 aromatic carbocycles.